The first kappa shape index (κ1) is 14.6. The summed E-state index contributed by atoms with van der Waals surface area (Å²) in [5.74, 6) is -0.481. The minimum Gasteiger partial charge on any atom is -0.385 e. The second-order valence-electron chi connectivity index (χ2n) is 4.34. The molecular formula is C14H15FN2O2S. The van der Waals surface area contributed by atoms with Gasteiger partial charge in [-0.25, -0.2) is 4.39 Å². The lowest BCUT2D eigenvalue weighted by Crippen LogP contribution is -2.32. The van der Waals surface area contributed by atoms with E-state index < -0.39 is 0 Å². The molecule has 1 saturated heterocycles. The molecule has 1 amide bonds. The number of halogens is 1. The fourth-order valence-corrected chi connectivity index (χ4v) is 2.15. The molecule has 4 nitrogen and oxygen atoms in total. The lowest BCUT2D eigenvalue weighted by atomic mass is 10.2. The summed E-state index contributed by atoms with van der Waals surface area (Å²) in [6, 6.07) is 5.91. The SMILES string of the molecule is COCCCN1C(=O)/C(=C\c2ccc(F)cc2)NC1=S. The number of benzene rings is 1. The monoisotopic (exact) mass is 294 g/mol. The summed E-state index contributed by atoms with van der Waals surface area (Å²) < 4.78 is 17.8. The van der Waals surface area contributed by atoms with E-state index in [0.29, 0.717) is 30.4 Å². The molecule has 0 unspecified atom stereocenters. The third-order valence-corrected chi connectivity index (χ3v) is 3.20. The molecule has 1 N–H and O–H groups in total. The molecular weight excluding hydrogens is 279 g/mol. The van der Waals surface area contributed by atoms with Crippen LogP contribution in [0.5, 0.6) is 0 Å². The van der Waals surface area contributed by atoms with Crippen LogP contribution >= 0.6 is 12.2 Å². The summed E-state index contributed by atoms with van der Waals surface area (Å²) >= 11 is 5.13. The summed E-state index contributed by atoms with van der Waals surface area (Å²) in [4.78, 5) is 13.7. The van der Waals surface area contributed by atoms with Crippen LogP contribution in [-0.2, 0) is 9.53 Å². The standard InChI is InChI=1S/C14H15FN2O2S/c1-19-8-2-7-17-13(18)12(16-14(17)20)9-10-3-5-11(15)6-4-10/h3-6,9H,2,7-8H2,1H3,(H,16,20)/b12-9+. The van der Waals surface area contributed by atoms with Gasteiger partial charge in [0.05, 0.1) is 0 Å². The normalized spacial score (nSPS) is 16.9. The molecule has 2 rings (SSSR count). The van der Waals surface area contributed by atoms with Crippen LogP contribution in [0, 0.1) is 5.82 Å². The zero-order valence-electron chi connectivity index (χ0n) is 11.1. The maximum absolute atomic E-state index is 12.8. The molecule has 0 spiro atoms. The van der Waals surface area contributed by atoms with Crippen LogP contribution in [0.15, 0.2) is 30.0 Å². The third-order valence-electron chi connectivity index (χ3n) is 2.87. The van der Waals surface area contributed by atoms with Gasteiger partial charge in [0.1, 0.15) is 11.5 Å². The van der Waals surface area contributed by atoms with Crippen molar-refractivity contribution in [2.75, 3.05) is 20.3 Å². The smallest absolute Gasteiger partial charge is 0.276 e. The number of thiocarbonyl (C=S) groups is 1. The summed E-state index contributed by atoms with van der Waals surface area (Å²) in [5.41, 5.74) is 1.14. The van der Waals surface area contributed by atoms with Crippen molar-refractivity contribution in [3.05, 3.63) is 41.3 Å². The first-order valence-electron chi connectivity index (χ1n) is 6.21. The van der Waals surface area contributed by atoms with Crippen molar-refractivity contribution in [2.24, 2.45) is 0 Å². The molecule has 20 heavy (non-hydrogen) atoms. The molecule has 0 aliphatic carbocycles. The molecule has 106 valence electrons. The highest BCUT2D eigenvalue weighted by molar-refractivity contribution is 7.80. The average molecular weight is 294 g/mol. The highest BCUT2D eigenvalue weighted by Crippen LogP contribution is 2.15. The fourth-order valence-electron chi connectivity index (χ4n) is 1.87. The molecule has 1 aliphatic rings. The van der Waals surface area contributed by atoms with E-state index in [1.807, 2.05) is 0 Å². The Kier molecular flexibility index (Phi) is 4.81. The Bertz CT molecular complexity index is 543. The Balaban J connectivity index is 2.09. The number of nitrogens with one attached hydrogen (secondary N) is 1. The van der Waals surface area contributed by atoms with Crippen LogP contribution < -0.4 is 5.32 Å². The molecule has 0 atom stereocenters. The molecule has 0 bridgehead atoms. The Morgan fingerprint density at radius 2 is 2.10 bits per heavy atom. The molecule has 6 heteroatoms. The highest BCUT2D eigenvalue weighted by atomic mass is 32.1. The number of ether oxygens (including phenoxy) is 1. The van der Waals surface area contributed by atoms with E-state index in [9.17, 15) is 9.18 Å². The summed E-state index contributed by atoms with van der Waals surface area (Å²) in [7, 11) is 1.61. The highest BCUT2D eigenvalue weighted by Gasteiger charge is 2.29. The average Bonchev–Trinajstić information content (AvgIpc) is 2.69. The van der Waals surface area contributed by atoms with E-state index in [1.165, 1.54) is 17.0 Å². The number of methoxy groups -OCH3 is 1. The molecule has 0 aromatic heterocycles. The van der Waals surface area contributed by atoms with Crippen LogP contribution in [0.2, 0.25) is 0 Å². The summed E-state index contributed by atoms with van der Waals surface area (Å²) in [5, 5.41) is 3.27. The fraction of sp³-hybridized carbons (Fsp3) is 0.286. The zero-order valence-corrected chi connectivity index (χ0v) is 11.9. The van der Waals surface area contributed by atoms with Crippen molar-refractivity contribution in [1.29, 1.82) is 0 Å². The molecule has 1 fully saturated rings. The van der Waals surface area contributed by atoms with Crippen LogP contribution in [0.1, 0.15) is 12.0 Å². The number of carbonyl (C=O) groups is 1. The minimum absolute atomic E-state index is 0.171. The third kappa shape index (κ3) is 3.40. The van der Waals surface area contributed by atoms with E-state index >= 15 is 0 Å². The number of carbonyl (C=O) groups excluding carboxylic acids is 1. The van der Waals surface area contributed by atoms with Crippen molar-refractivity contribution < 1.29 is 13.9 Å². The van der Waals surface area contributed by atoms with Crippen LogP contribution in [0.4, 0.5) is 4.39 Å². The minimum atomic E-state index is -0.311. The topological polar surface area (TPSA) is 41.6 Å². The molecule has 1 aromatic carbocycles. The summed E-state index contributed by atoms with van der Waals surface area (Å²) in [6.07, 6.45) is 2.37. The number of nitrogens with zero attached hydrogens (tertiary/aromatic N) is 1. The van der Waals surface area contributed by atoms with E-state index in [1.54, 1.807) is 25.3 Å². The Labute approximate surface area is 122 Å². The second kappa shape index (κ2) is 6.58. The zero-order chi connectivity index (χ0) is 14.5. The number of hydrogen-bond acceptors (Lipinski definition) is 3. The first-order chi connectivity index (χ1) is 9.61. The van der Waals surface area contributed by atoms with Crippen molar-refractivity contribution in [2.45, 2.75) is 6.42 Å². The van der Waals surface area contributed by atoms with Gasteiger partial charge in [0.2, 0.25) is 0 Å². The van der Waals surface area contributed by atoms with Crippen molar-refractivity contribution >= 4 is 29.3 Å². The van der Waals surface area contributed by atoms with Crippen LogP contribution in [-0.4, -0.2) is 36.2 Å². The molecule has 0 saturated carbocycles. The lowest BCUT2D eigenvalue weighted by molar-refractivity contribution is -0.122. The largest absolute Gasteiger partial charge is 0.385 e. The van der Waals surface area contributed by atoms with Crippen LogP contribution in [0.25, 0.3) is 6.08 Å². The van der Waals surface area contributed by atoms with Crippen molar-refractivity contribution in [1.82, 2.24) is 10.2 Å². The van der Waals surface area contributed by atoms with Gasteiger partial charge in [-0.3, -0.25) is 9.69 Å². The van der Waals surface area contributed by atoms with Gasteiger partial charge >= 0.3 is 0 Å². The van der Waals surface area contributed by atoms with E-state index in [-0.39, 0.29) is 11.7 Å². The second-order valence-corrected chi connectivity index (χ2v) is 4.73. The Hall–Kier alpha value is -1.79. The maximum atomic E-state index is 12.8. The van der Waals surface area contributed by atoms with E-state index in [2.05, 4.69) is 5.32 Å². The quantitative estimate of drug-likeness (QED) is 0.512. The van der Waals surface area contributed by atoms with E-state index in [4.69, 9.17) is 17.0 Å². The van der Waals surface area contributed by atoms with Gasteiger partial charge in [0.25, 0.3) is 5.91 Å². The predicted molar refractivity (Wildman–Crippen MR) is 78.3 cm³/mol. The van der Waals surface area contributed by atoms with Gasteiger partial charge in [0.15, 0.2) is 5.11 Å². The van der Waals surface area contributed by atoms with Gasteiger partial charge in [-0.05, 0) is 42.4 Å². The van der Waals surface area contributed by atoms with E-state index in [0.717, 1.165) is 5.56 Å². The van der Waals surface area contributed by atoms with Crippen molar-refractivity contribution in [3.8, 4) is 0 Å². The molecule has 1 aliphatic heterocycles. The maximum Gasteiger partial charge on any atom is 0.276 e. The summed E-state index contributed by atoms with van der Waals surface area (Å²) in [6.45, 7) is 1.09. The van der Waals surface area contributed by atoms with Crippen LogP contribution in [0.3, 0.4) is 0 Å². The van der Waals surface area contributed by atoms with Gasteiger partial charge in [-0.2, -0.15) is 0 Å². The van der Waals surface area contributed by atoms with Gasteiger partial charge in [-0.15, -0.1) is 0 Å². The lowest BCUT2D eigenvalue weighted by Gasteiger charge is -2.12. The number of rotatable bonds is 5. The van der Waals surface area contributed by atoms with Gasteiger partial charge in [-0.1, -0.05) is 12.1 Å². The van der Waals surface area contributed by atoms with Gasteiger partial charge in [0, 0.05) is 20.3 Å². The first-order valence-corrected chi connectivity index (χ1v) is 6.61. The molecule has 1 aromatic rings. The Morgan fingerprint density at radius 3 is 2.75 bits per heavy atom. The van der Waals surface area contributed by atoms with Crippen molar-refractivity contribution in [3.63, 3.8) is 0 Å². The predicted octanol–water partition coefficient (Wildman–Crippen LogP) is 1.92. The number of hydrogen-bond donors (Lipinski definition) is 1. The number of amides is 1. The molecule has 1 heterocycles. The Morgan fingerprint density at radius 1 is 1.40 bits per heavy atom. The molecule has 0 radical (unpaired) electrons. The van der Waals surface area contributed by atoms with Gasteiger partial charge < -0.3 is 10.1 Å².